The molecule has 1 aliphatic rings. The smallest absolute Gasteiger partial charge is 0.230 e. The average molecular weight is 462 g/mol. The molecule has 1 aliphatic heterocycles. The summed E-state index contributed by atoms with van der Waals surface area (Å²) < 4.78 is 0.329. The number of carbonyl (C=O) groups excluding carboxylic acids is 1. The first-order valence-electron chi connectivity index (χ1n) is 14.8. The molecule has 33 heavy (non-hydrogen) atoms. The Kier molecular flexibility index (Phi) is 18.6. The number of unbranched alkanes of at least 4 members (excludes halogenated alkanes) is 19. The summed E-state index contributed by atoms with van der Waals surface area (Å²) in [6, 6.07) is 0. The summed E-state index contributed by atoms with van der Waals surface area (Å²) in [5.74, 6) is 1.38. The van der Waals surface area contributed by atoms with Crippen LogP contribution in [-0.2, 0) is 4.79 Å². The largest absolute Gasteiger partial charge is 0.324 e. The number of hydrogen-bond donors (Lipinski definition) is 0. The zero-order valence-corrected chi connectivity index (χ0v) is 22.7. The number of hydrogen-bond acceptors (Lipinski definition) is 2. The summed E-state index contributed by atoms with van der Waals surface area (Å²) in [7, 11) is 2.04. The molecule has 0 aliphatic carbocycles. The van der Waals surface area contributed by atoms with Crippen molar-refractivity contribution in [2.24, 2.45) is 4.99 Å². The predicted octanol–water partition coefficient (Wildman–Crippen LogP) is 9.85. The van der Waals surface area contributed by atoms with Crippen LogP contribution in [0.15, 0.2) is 17.4 Å². The van der Waals surface area contributed by atoms with E-state index in [0.717, 1.165) is 25.1 Å². The summed E-state index contributed by atoms with van der Waals surface area (Å²) in [6.45, 7) is 4.56. The summed E-state index contributed by atoms with van der Waals surface area (Å²) in [4.78, 5) is 17.5. The second kappa shape index (κ2) is 20.4. The minimum atomic E-state index is 0.325. The molecule has 1 atom stereocenters. The van der Waals surface area contributed by atoms with E-state index in [4.69, 9.17) is 0 Å². The second-order valence-electron chi connectivity index (χ2n) is 10.5. The van der Waals surface area contributed by atoms with Gasteiger partial charge in [-0.1, -0.05) is 136 Å². The van der Waals surface area contributed by atoms with Gasteiger partial charge in [0, 0.05) is 6.42 Å². The summed E-state index contributed by atoms with van der Waals surface area (Å²) in [6.07, 6.45) is 33.5. The molecule has 0 saturated heterocycles. The number of quaternary nitrogens is 1. The predicted molar refractivity (Wildman–Crippen MR) is 145 cm³/mol. The molecule has 3 nitrogen and oxygen atoms in total. The van der Waals surface area contributed by atoms with E-state index in [-0.39, 0.29) is 0 Å². The molecule has 1 heterocycles. The van der Waals surface area contributed by atoms with Crippen LogP contribution in [-0.4, -0.2) is 23.3 Å². The monoisotopic (exact) mass is 461 g/mol. The van der Waals surface area contributed by atoms with Gasteiger partial charge in [-0.2, -0.15) is 4.48 Å². The molecular formula is C30H57N2O+. The number of amidine groups is 1. The van der Waals surface area contributed by atoms with Gasteiger partial charge in [-0.25, -0.2) is 9.79 Å². The Labute approximate surface area is 207 Å². The highest BCUT2D eigenvalue weighted by Gasteiger charge is 2.37. The Bertz CT molecular complexity index is 539. The van der Waals surface area contributed by atoms with Crippen molar-refractivity contribution < 1.29 is 9.28 Å². The van der Waals surface area contributed by atoms with Crippen molar-refractivity contribution in [2.75, 3.05) is 7.05 Å². The van der Waals surface area contributed by atoms with Crippen molar-refractivity contribution in [1.82, 2.24) is 0 Å². The molecule has 3 heteroatoms. The second-order valence-corrected chi connectivity index (χ2v) is 10.5. The van der Waals surface area contributed by atoms with Crippen LogP contribution in [0.2, 0.25) is 0 Å². The van der Waals surface area contributed by atoms with E-state index < -0.39 is 0 Å². The molecule has 0 radical (unpaired) electrons. The van der Waals surface area contributed by atoms with Crippen molar-refractivity contribution >= 4 is 11.7 Å². The first-order chi connectivity index (χ1) is 16.1. The van der Waals surface area contributed by atoms with E-state index in [9.17, 15) is 4.79 Å². The lowest BCUT2D eigenvalue weighted by atomic mass is 10.0. The molecule has 1 rings (SSSR count). The first kappa shape index (κ1) is 30.1. The van der Waals surface area contributed by atoms with Crippen LogP contribution >= 0.6 is 0 Å². The Morgan fingerprint density at radius 2 is 1.03 bits per heavy atom. The van der Waals surface area contributed by atoms with Crippen LogP contribution in [0.1, 0.15) is 162 Å². The van der Waals surface area contributed by atoms with Crippen LogP contribution in [0.3, 0.4) is 0 Å². The number of aliphatic imine (C=N–C) groups is 1. The zero-order chi connectivity index (χ0) is 24.0. The standard InChI is InChI=1S/C30H57N2O/c1-4-6-8-10-12-14-16-18-20-22-24-26-30(33)32(3)28-27-31-29(32)25-23-21-19-17-15-13-11-9-7-5-2/h27-28H,4-26H2,1-3H3/q+1. The van der Waals surface area contributed by atoms with E-state index in [1.54, 1.807) is 0 Å². The van der Waals surface area contributed by atoms with E-state index in [0.29, 0.717) is 16.8 Å². The van der Waals surface area contributed by atoms with Crippen LogP contribution < -0.4 is 0 Å². The molecule has 192 valence electrons. The highest BCUT2D eigenvalue weighted by molar-refractivity contribution is 5.90. The molecule has 0 aromatic carbocycles. The van der Waals surface area contributed by atoms with Crippen molar-refractivity contribution in [1.29, 1.82) is 0 Å². The normalized spacial score (nSPS) is 17.6. The lowest BCUT2D eigenvalue weighted by molar-refractivity contribution is -0.683. The maximum absolute atomic E-state index is 13.0. The van der Waals surface area contributed by atoms with Gasteiger partial charge in [0.05, 0.1) is 19.7 Å². The van der Waals surface area contributed by atoms with Crippen molar-refractivity contribution in [3.63, 3.8) is 0 Å². The van der Waals surface area contributed by atoms with Crippen molar-refractivity contribution in [3.8, 4) is 0 Å². The van der Waals surface area contributed by atoms with Gasteiger partial charge in [-0.3, -0.25) is 0 Å². The number of rotatable bonds is 23. The Morgan fingerprint density at radius 3 is 1.48 bits per heavy atom. The molecule has 0 fully saturated rings. The summed E-state index contributed by atoms with van der Waals surface area (Å²) in [5.41, 5.74) is 0. The highest BCUT2D eigenvalue weighted by Crippen LogP contribution is 2.22. The summed E-state index contributed by atoms with van der Waals surface area (Å²) >= 11 is 0. The molecule has 0 N–H and O–H groups in total. The molecule has 0 saturated carbocycles. The minimum absolute atomic E-state index is 0.325. The van der Waals surface area contributed by atoms with Crippen LogP contribution in [0.4, 0.5) is 0 Å². The Morgan fingerprint density at radius 1 is 0.636 bits per heavy atom. The Hall–Kier alpha value is -0.960. The fourth-order valence-electron chi connectivity index (χ4n) is 4.93. The van der Waals surface area contributed by atoms with Gasteiger partial charge in [-0.15, -0.1) is 0 Å². The highest BCUT2D eigenvalue weighted by atomic mass is 16.2. The van der Waals surface area contributed by atoms with E-state index in [1.807, 2.05) is 19.4 Å². The van der Waals surface area contributed by atoms with Gasteiger partial charge in [0.2, 0.25) is 5.84 Å². The van der Waals surface area contributed by atoms with Crippen LogP contribution in [0.25, 0.3) is 0 Å². The van der Waals surface area contributed by atoms with E-state index in [1.165, 1.54) is 122 Å². The summed E-state index contributed by atoms with van der Waals surface area (Å²) in [5, 5.41) is 0. The van der Waals surface area contributed by atoms with Gasteiger partial charge >= 0.3 is 5.91 Å². The van der Waals surface area contributed by atoms with Gasteiger partial charge in [0.15, 0.2) is 0 Å². The lowest BCUT2D eigenvalue weighted by Crippen LogP contribution is -2.47. The fourth-order valence-corrected chi connectivity index (χ4v) is 4.93. The molecular weight excluding hydrogens is 404 g/mol. The fraction of sp³-hybridized carbons (Fsp3) is 0.867. The number of carbonyl (C=O) groups is 1. The maximum Gasteiger partial charge on any atom is 0.324 e. The van der Waals surface area contributed by atoms with Gasteiger partial charge in [0.1, 0.15) is 6.20 Å². The molecule has 0 spiro atoms. The van der Waals surface area contributed by atoms with Gasteiger partial charge < -0.3 is 0 Å². The zero-order valence-electron chi connectivity index (χ0n) is 22.7. The minimum Gasteiger partial charge on any atom is -0.230 e. The quantitative estimate of drug-likeness (QED) is 0.110. The topological polar surface area (TPSA) is 29.4 Å². The third-order valence-electron chi connectivity index (χ3n) is 7.39. The Balaban J connectivity index is 2.06. The van der Waals surface area contributed by atoms with Gasteiger partial charge in [0.25, 0.3) is 0 Å². The van der Waals surface area contributed by atoms with Gasteiger partial charge in [-0.05, 0) is 12.8 Å². The molecule has 0 bridgehead atoms. The van der Waals surface area contributed by atoms with Crippen molar-refractivity contribution in [3.05, 3.63) is 12.4 Å². The average Bonchev–Trinajstić information content (AvgIpc) is 3.20. The number of amides is 1. The van der Waals surface area contributed by atoms with E-state index in [2.05, 4.69) is 18.8 Å². The number of nitrogens with zero attached hydrogens (tertiary/aromatic N) is 2. The maximum atomic E-state index is 13.0. The first-order valence-corrected chi connectivity index (χ1v) is 14.8. The molecule has 0 aromatic rings. The lowest BCUT2D eigenvalue weighted by Gasteiger charge is -2.25. The van der Waals surface area contributed by atoms with Crippen LogP contribution in [0.5, 0.6) is 0 Å². The third-order valence-corrected chi connectivity index (χ3v) is 7.39. The molecule has 0 aromatic heterocycles. The molecule has 1 amide bonds. The van der Waals surface area contributed by atoms with Crippen molar-refractivity contribution in [2.45, 2.75) is 162 Å². The van der Waals surface area contributed by atoms with E-state index >= 15 is 0 Å². The molecule has 1 unspecified atom stereocenters. The SMILES string of the molecule is CCCCCCCCCCCCCC(=O)[N+]1(C)C=CN=C1CCCCCCCCCCCC. The third kappa shape index (κ3) is 14.1. The van der Waals surface area contributed by atoms with Crippen LogP contribution in [0, 0.1) is 0 Å².